The van der Waals surface area contributed by atoms with Gasteiger partial charge in [0.15, 0.2) is 5.13 Å². The van der Waals surface area contributed by atoms with E-state index in [0.717, 1.165) is 25.0 Å². The van der Waals surface area contributed by atoms with Gasteiger partial charge in [0.05, 0.1) is 23.2 Å². The molecule has 0 radical (unpaired) electrons. The number of rotatable bonds is 3. The molecule has 3 amide bonds. The van der Waals surface area contributed by atoms with Crippen molar-refractivity contribution in [2.45, 2.75) is 38.5 Å². The molecular formula is C22H21N3O3S. The van der Waals surface area contributed by atoms with Gasteiger partial charge in [-0.3, -0.25) is 24.6 Å². The van der Waals surface area contributed by atoms with Gasteiger partial charge < -0.3 is 0 Å². The Hall–Kier alpha value is -2.80. The second-order valence-corrected chi connectivity index (χ2v) is 8.85. The lowest BCUT2D eigenvalue weighted by atomic mass is 9.85. The van der Waals surface area contributed by atoms with E-state index in [1.807, 2.05) is 12.2 Å². The molecule has 1 N–H and O–H groups in total. The molecule has 148 valence electrons. The number of benzene rings is 1. The summed E-state index contributed by atoms with van der Waals surface area (Å²) in [7, 11) is 0. The van der Waals surface area contributed by atoms with Gasteiger partial charge in [-0.1, -0.05) is 18.2 Å². The Morgan fingerprint density at radius 3 is 2.52 bits per heavy atom. The van der Waals surface area contributed by atoms with E-state index in [1.165, 1.54) is 27.5 Å². The van der Waals surface area contributed by atoms with Crippen LogP contribution in [0.5, 0.6) is 0 Å². The monoisotopic (exact) mass is 407 g/mol. The molecule has 0 unspecified atom stereocenters. The zero-order valence-corrected chi connectivity index (χ0v) is 16.7. The number of anilines is 2. The highest BCUT2D eigenvalue weighted by Crippen LogP contribution is 2.38. The summed E-state index contributed by atoms with van der Waals surface area (Å²) >= 11 is 1.53. The first kappa shape index (κ1) is 18.2. The first-order valence-electron chi connectivity index (χ1n) is 10.0. The minimum absolute atomic E-state index is 0.172. The van der Waals surface area contributed by atoms with Crippen LogP contribution in [0.2, 0.25) is 0 Å². The Morgan fingerprint density at radius 1 is 1.07 bits per heavy atom. The van der Waals surface area contributed by atoms with Crippen molar-refractivity contribution in [3.05, 3.63) is 52.6 Å². The molecule has 2 heterocycles. The smallest absolute Gasteiger partial charge is 0.257 e. The number of aryl methyl sites for hydroxylation is 2. The molecule has 3 aliphatic rings. The lowest BCUT2D eigenvalue weighted by molar-refractivity contribution is -0.122. The minimum atomic E-state index is -0.286. The average molecular weight is 407 g/mol. The fraction of sp³-hybridized carbons (Fsp3) is 0.364. The fourth-order valence-corrected chi connectivity index (χ4v) is 5.46. The molecule has 1 aromatic heterocycles. The van der Waals surface area contributed by atoms with Gasteiger partial charge in [-0.05, 0) is 56.7 Å². The van der Waals surface area contributed by atoms with Crippen LogP contribution in [-0.4, -0.2) is 22.7 Å². The molecule has 1 aromatic carbocycles. The quantitative estimate of drug-likeness (QED) is 0.621. The molecule has 29 heavy (non-hydrogen) atoms. The van der Waals surface area contributed by atoms with Crippen LogP contribution in [0.15, 0.2) is 36.4 Å². The van der Waals surface area contributed by atoms with Crippen LogP contribution in [0, 0.1) is 11.8 Å². The molecule has 1 aliphatic heterocycles. The third kappa shape index (κ3) is 3.19. The molecule has 0 saturated carbocycles. The van der Waals surface area contributed by atoms with E-state index in [2.05, 4.69) is 10.3 Å². The molecule has 5 rings (SSSR count). The molecular weight excluding hydrogens is 386 g/mol. The molecule has 6 nitrogen and oxygen atoms in total. The average Bonchev–Trinajstić information content (AvgIpc) is 3.26. The van der Waals surface area contributed by atoms with Crippen molar-refractivity contribution in [3.63, 3.8) is 0 Å². The Labute approximate surface area is 172 Å². The number of nitrogens with zero attached hydrogens (tertiary/aromatic N) is 2. The number of fused-ring (bicyclic) bond motifs is 2. The number of carbonyl (C=O) groups is 3. The number of amides is 3. The van der Waals surface area contributed by atoms with Gasteiger partial charge in [-0.15, -0.1) is 11.3 Å². The molecule has 2 atom stereocenters. The van der Waals surface area contributed by atoms with Crippen molar-refractivity contribution >= 4 is 39.9 Å². The minimum Gasteiger partial charge on any atom is -0.298 e. The van der Waals surface area contributed by atoms with Crippen molar-refractivity contribution < 1.29 is 14.4 Å². The van der Waals surface area contributed by atoms with E-state index < -0.39 is 0 Å². The largest absolute Gasteiger partial charge is 0.298 e. The molecule has 2 aromatic rings. The normalized spacial score (nSPS) is 23.1. The maximum absolute atomic E-state index is 12.8. The number of hydrogen-bond donors (Lipinski definition) is 1. The number of aromatic nitrogens is 1. The maximum Gasteiger partial charge on any atom is 0.257 e. The second-order valence-electron chi connectivity index (χ2n) is 7.77. The van der Waals surface area contributed by atoms with E-state index in [0.29, 0.717) is 29.2 Å². The molecule has 1 fully saturated rings. The van der Waals surface area contributed by atoms with Crippen molar-refractivity contribution in [3.8, 4) is 0 Å². The van der Waals surface area contributed by atoms with Gasteiger partial charge in [0.1, 0.15) is 0 Å². The molecule has 7 heteroatoms. The van der Waals surface area contributed by atoms with Crippen molar-refractivity contribution in [2.75, 3.05) is 10.2 Å². The number of imide groups is 1. The van der Waals surface area contributed by atoms with E-state index in [1.54, 1.807) is 24.3 Å². The zero-order chi connectivity index (χ0) is 20.0. The summed E-state index contributed by atoms with van der Waals surface area (Å²) in [5, 5.41) is 3.48. The third-order valence-corrected chi connectivity index (χ3v) is 7.01. The van der Waals surface area contributed by atoms with Crippen molar-refractivity contribution in [2.24, 2.45) is 11.8 Å². The highest BCUT2D eigenvalue weighted by atomic mass is 32.1. The highest BCUT2D eigenvalue weighted by Gasteiger charge is 2.47. The van der Waals surface area contributed by atoms with E-state index >= 15 is 0 Å². The van der Waals surface area contributed by atoms with E-state index in [-0.39, 0.29) is 29.6 Å². The lowest BCUT2D eigenvalue weighted by Gasteiger charge is -2.15. The molecule has 0 bridgehead atoms. The van der Waals surface area contributed by atoms with Crippen LogP contribution in [0.4, 0.5) is 10.8 Å². The standard InChI is InChI=1S/C22H21N3O3S/c26-19(24-22-23-17-10-3-4-11-18(17)29-22)13-6-5-7-14(12-13)25-20(27)15-8-1-2-9-16(15)21(25)28/h1-2,5-7,12,15-16H,3-4,8-11H2,(H,23,24,26)/t15-,16-/m1/s1. The summed E-state index contributed by atoms with van der Waals surface area (Å²) in [4.78, 5) is 45.4. The van der Waals surface area contributed by atoms with Crippen LogP contribution in [0.1, 0.15) is 46.6 Å². The van der Waals surface area contributed by atoms with Crippen LogP contribution >= 0.6 is 11.3 Å². The zero-order valence-electron chi connectivity index (χ0n) is 15.9. The number of thiazole rings is 1. The Balaban J connectivity index is 1.37. The predicted octanol–water partition coefficient (Wildman–Crippen LogP) is 3.73. The predicted molar refractivity (Wildman–Crippen MR) is 111 cm³/mol. The Bertz CT molecular complexity index is 992. The summed E-state index contributed by atoms with van der Waals surface area (Å²) in [6, 6.07) is 6.72. The van der Waals surface area contributed by atoms with Crippen molar-refractivity contribution in [1.29, 1.82) is 0 Å². The highest BCUT2D eigenvalue weighted by molar-refractivity contribution is 7.15. The molecule has 2 aliphatic carbocycles. The molecule has 1 saturated heterocycles. The number of allylic oxidation sites excluding steroid dienone is 2. The Kier molecular flexibility index (Phi) is 4.54. The van der Waals surface area contributed by atoms with Crippen LogP contribution in [0.3, 0.4) is 0 Å². The third-order valence-electron chi connectivity index (χ3n) is 5.94. The summed E-state index contributed by atoms with van der Waals surface area (Å²) < 4.78 is 0. The first-order valence-corrected chi connectivity index (χ1v) is 10.9. The SMILES string of the molecule is O=C(Nc1nc2c(s1)CCCC2)c1cccc(N2C(=O)[C@@H]3CC=CC[C@H]3C2=O)c1. The summed E-state index contributed by atoms with van der Waals surface area (Å²) in [5.41, 5.74) is 1.96. The molecule has 0 spiro atoms. The summed E-state index contributed by atoms with van der Waals surface area (Å²) in [5.74, 6) is -1.20. The van der Waals surface area contributed by atoms with Crippen LogP contribution in [-0.2, 0) is 22.4 Å². The number of carbonyl (C=O) groups excluding carboxylic acids is 3. The van der Waals surface area contributed by atoms with Gasteiger partial charge in [-0.2, -0.15) is 0 Å². The number of hydrogen-bond acceptors (Lipinski definition) is 5. The summed E-state index contributed by atoms with van der Waals surface area (Å²) in [6.07, 6.45) is 9.42. The van der Waals surface area contributed by atoms with E-state index in [9.17, 15) is 14.4 Å². The first-order chi connectivity index (χ1) is 14.1. The van der Waals surface area contributed by atoms with Crippen molar-refractivity contribution in [1.82, 2.24) is 4.98 Å². The lowest BCUT2D eigenvalue weighted by Crippen LogP contribution is -2.31. The topological polar surface area (TPSA) is 79.4 Å². The Morgan fingerprint density at radius 2 is 1.79 bits per heavy atom. The van der Waals surface area contributed by atoms with Crippen LogP contribution < -0.4 is 10.2 Å². The summed E-state index contributed by atoms with van der Waals surface area (Å²) in [6.45, 7) is 0. The number of nitrogens with one attached hydrogen (secondary N) is 1. The second kappa shape index (κ2) is 7.22. The van der Waals surface area contributed by atoms with Gasteiger partial charge in [0, 0.05) is 10.4 Å². The fourth-order valence-electron chi connectivity index (χ4n) is 4.42. The van der Waals surface area contributed by atoms with Gasteiger partial charge >= 0.3 is 0 Å². The van der Waals surface area contributed by atoms with Gasteiger partial charge in [0.25, 0.3) is 5.91 Å². The van der Waals surface area contributed by atoms with Crippen LogP contribution in [0.25, 0.3) is 0 Å². The van der Waals surface area contributed by atoms with Gasteiger partial charge in [-0.25, -0.2) is 4.98 Å². The maximum atomic E-state index is 12.8. The van der Waals surface area contributed by atoms with E-state index in [4.69, 9.17) is 0 Å². The van der Waals surface area contributed by atoms with Gasteiger partial charge in [0.2, 0.25) is 11.8 Å².